The fourth-order valence-electron chi connectivity index (χ4n) is 1.48. The maximum absolute atomic E-state index is 12.1. The smallest absolute Gasteiger partial charge is 0.240 e. The molecule has 0 bridgehead atoms. The van der Waals surface area contributed by atoms with E-state index in [1.165, 1.54) is 19.9 Å². The molecule has 106 valence electrons. The Bertz CT molecular complexity index is 567. The van der Waals surface area contributed by atoms with Gasteiger partial charge in [-0.1, -0.05) is 6.07 Å². The van der Waals surface area contributed by atoms with Crippen molar-refractivity contribution in [1.29, 1.82) is 0 Å². The molecule has 19 heavy (non-hydrogen) atoms. The van der Waals surface area contributed by atoms with Gasteiger partial charge in [0.05, 0.1) is 11.0 Å². The van der Waals surface area contributed by atoms with Crippen molar-refractivity contribution in [2.75, 3.05) is 11.9 Å². The van der Waals surface area contributed by atoms with Crippen molar-refractivity contribution in [2.45, 2.75) is 31.8 Å². The van der Waals surface area contributed by atoms with Crippen LogP contribution in [0.25, 0.3) is 0 Å². The minimum atomic E-state index is -3.71. The standard InChI is InChI=1S/C12H18N2O4S/c1-8-4-5-11(14-10(3)16)6-12(8)19(17,18)13-7-9(2)15/h4-6,9,13,15H,7H2,1-3H3,(H,14,16)/t9-/m1/s1. The lowest BCUT2D eigenvalue weighted by Crippen LogP contribution is -2.31. The van der Waals surface area contributed by atoms with E-state index in [4.69, 9.17) is 5.11 Å². The van der Waals surface area contributed by atoms with E-state index in [9.17, 15) is 13.2 Å². The van der Waals surface area contributed by atoms with E-state index >= 15 is 0 Å². The summed E-state index contributed by atoms with van der Waals surface area (Å²) < 4.78 is 26.4. The highest BCUT2D eigenvalue weighted by Crippen LogP contribution is 2.20. The fourth-order valence-corrected chi connectivity index (χ4v) is 2.87. The zero-order chi connectivity index (χ0) is 14.6. The molecule has 1 atom stereocenters. The van der Waals surface area contributed by atoms with Crippen LogP contribution in [0.5, 0.6) is 0 Å². The van der Waals surface area contributed by atoms with E-state index in [0.29, 0.717) is 11.3 Å². The van der Waals surface area contributed by atoms with Crippen LogP contribution in [0.15, 0.2) is 23.1 Å². The number of amides is 1. The van der Waals surface area contributed by atoms with Gasteiger partial charge in [0.25, 0.3) is 0 Å². The zero-order valence-corrected chi connectivity index (χ0v) is 11.9. The lowest BCUT2D eigenvalue weighted by atomic mass is 10.2. The monoisotopic (exact) mass is 286 g/mol. The second-order valence-electron chi connectivity index (χ2n) is 4.36. The quantitative estimate of drug-likeness (QED) is 0.739. The number of nitrogens with one attached hydrogen (secondary N) is 2. The molecule has 0 aliphatic heterocycles. The first-order valence-electron chi connectivity index (χ1n) is 5.78. The van der Waals surface area contributed by atoms with E-state index in [1.807, 2.05) is 0 Å². The molecule has 7 heteroatoms. The molecule has 1 amide bonds. The number of aliphatic hydroxyl groups is 1. The van der Waals surface area contributed by atoms with Gasteiger partial charge in [0.2, 0.25) is 15.9 Å². The third-order valence-electron chi connectivity index (χ3n) is 2.37. The van der Waals surface area contributed by atoms with Crippen LogP contribution in [0, 0.1) is 6.92 Å². The van der Waals surface area contributed by atoms with E-state index in [2.05, 4.69) is 10.0 Å². The van der Waals surface area contributed by atoms with E-state index in [1.54, 1.807) is 19.1 Å². The molecular formula is C12H18N2O4S. The van der Waals surface area contributed by atoms with Gasteiger partial charge in [-0.2, -0.15) is 0 Å². The molecule has 0 radical (unpaired) electrons. The summed E-state index contributed by atoms with van der Waals surface area (Å²) in [6.07, 6.45) is -0.770. The SMILES string of the molecule is CC(=O)Nc1ccc(C)c(S(=O)(=O)NC[C@@H](C)O)c1. The lowest BCUT2D eigenvalue weighted by molar-refractivity contribution is -0.114. The first-order chi connectivity index (χ1) is 8.72. The molecule has 0 heterocycles. The average molecular weight is 286 g/mol. The summed E-state index contributed by atoms with van der Waals surface area (Å²) in [4.78, 5) is 11.0. The predicted molar refractivity (Wildman–Crippen MR) is 72.4 cm³/mol. The Kier molecular flexibility index (Phi) is 5.04. The molecule has 3 N–H and O–H groups in total. The summed E-state index contributed by atoms with van der Waals surface area (Å²) in [6.45, 7) is 4.43. The van der Waals surface area contributed by atoms with Gasteiger partial charge in [0, 0.05) is 19.2 Å². The number of aliphatic hydroxyl groups excluding tert-OH is 1. The van der Waals surface area contributed by atoms with Gasteiger partial charge < -0.3 is 10.4 Å². The molecule has 1 rings (SSSR count). The largest absolute Gasteiger partial charge is 0.392 e. The molecule has 1 aromatic carbocycles. The first-order valence-corrected chi connectivity index (χ1v) is 7.26. The fraction of sp³-hybridized carbons (Fsp3) is 0.417. The second kappa shape index (κ2) is 6.14. The van der Waals surface area contributed by atoms with Crippen molar-refractivity contribution in [2.24, 2.45) is 0 Å². The number of carbonyl (C=O) groups excluding carboxylic acids is 1. The average Bonchev–Trinajstić information content (AvgIpc) is 2.28. The molecule has 0 unspecified atom stereocenters. The summed E-state index contributed by atoms with van der Waals surface area (Å²) in [5.74, 6) is -0.274. The summed E-state index contributed by atoms with van der Waals surface area (Å²) in [5, 5.41) is 11.7. The highest BCUT2D eigenvalue weighted by atomic mass is 32.2. The van der Waals surface area contributed by atoms with Crippen molar-refractivity contribution in [3.8, 4) is 0 Å². The van der Waals surface area contributed by atoms with Crippen LogP contribution in [-0.2, 0) is 14.8 Å². The van der Waals surface area contributed by atoms with E-state index < -0.39 is 16.1 Å². The molecule has 0 aliphatic rings. The second-order valence-corrected chi connectivity index (χ2v) is 6.10. The minimum Gasteiger partial charge on any atom is -0.392 e. The number of benzene rings is 1. The first kappa shape index (κ1) is 15.6. The third-order valence-corrected chi connectivity index (χ3v) is 3.93. The molecule has 0 saturated heterocycles. The Labute approximate surface area is 112 Å². The highest BCUT2D eigenvalue weighted by molar-refractivity contribution is 7.89. The zero-order valence-electron chi connectivity index (χ0n) is 11.1. The topological polar surface area (TPSA) is 95.5 Å². The van der Waals surface area contributed by atoms with Crippen molar-refractivity contribution in [3.05, 3.63) is 23.8 Å². The molecular weight excluding hydrogens is 268 g/mol. The Morgan fingerprint density at radius 3 is 2.58 bits per heavy atom. The van der Waals surface area contributed by atoms with Gasteiger partial charge in [-0.25, -0.2) is 13.1 Å². The lowest BCUT2D eigenvalue weighted by Gasteiger charge is -2.12. The van der Waals surface area contributed by atoms with E-state index in [0.717, 1.165) is 0 Å². The number of aryl methyl sites for hydroxylation is 1. The van der Waals surface area contributed by atoms with Crippen molar-refractivity contribution < 1.29 is 18.3 Å². The summed E-state index contributed by atoms with van der Waals surface area (Å²) in [5.41, 5.74) is 0.975. The maximum Gasteiger partial charge on any atom is 0.240 e. The van der Waals surface area contributed by atoms with Crippen LogP contribution >= 0.6 is 0 Å². The van der Waals surface area contributed by atoms with Gasteiger partial charge in [0.15, 0.2) is 0 Å². The Morgan fingerprint density at radius 1 is 1.42 bits per heavy atom. The number of rotatable bonds is 5. The van der Waals surface area contributed by atoms with Crippen molar-refractivity contribution in [1.82, 2.24) is 4.72 Å². The number of hydrogen-bond acceptors (Lipinski definition) is 4. The Balaban J connectivity index is 3.07. The van der Waals surface area contributed by atoms with Gasteiger partial charge in [-0.05, 0) is 31.5 Å². The molecule has 0 spiro atoms. The summed E-state index contributed by atoms with van der Waals surface area (Å²) in [7, 11) is -3.71. The molecule has 0 aromatic heterocycles. The Morgan fingerprint density at radius 2 is 2.05 bits per heavy atom. The predicted octanol–water partition coefficient (Wildman–Crippen LogP) is 0.613. The van der Waals surface area contributed by atoms with Crippen LogP contribution < -0.4 is 10.0 Å². The van der Waals surface area contributed by atoms with Crippen LogP contribution in [0.2, 0.25) is 0 Å². The van der Waals surface area contributed by atoms with E-state index in [-0.39, 0.29) is 17.3 Å². The molecule has 0 aliphatic carbocycles. The van der Waals surface area contributed by atoms with Gasteiger partial charge >= 0.3 is 0 Å². The molecule has 1 aromatic rings. The van der Waals surface area contributed by atoms with Crippen molar-refractivity contribution in [3.63, 3.8) is 0 Å². The van der Waals surface area contributed by atoms with Crippen LogP contribution in [0.1, 0.15) is 19.4 Å². The number of carbonyl (C=O) groups is 1. The van der Waals surface area contributed by atoms with Gasteiger partial charge in [-0.15, -0.1) is 0 Å². The molecule has 0 fully saturated rings. The third kappa shape index (κ3) is 4.62. The van der Waals surface area contributed by atoms with Crippen LogP contribution in [0.4, 0.5) is 5.69 Å². The number of hydrogen-bond donors (Lipinski definition) is 3. The summed E-state index contributed by atoms with van der Waals surface area (Å²) in [6, 6.07) is 4.63. The molecule has 6 nitrogen and oxygen atoms in total. The highest BCUT2D eigenvalue weighted by Gasteiger charge is 2.17. The van der Waals surface area contributed by atoms with Gasteiger partial charge in [0.1, 0.15) is 0 Å². The normalized spacial score (nSPS) is 13.1. The molecule has 0 saturated carbocycles. The Hall–Kier alpha value is -1.44. The van der Waals surface area contributed by atoms with Gasteiger partial charge in [-0.3, -0.25) is 4.79 Å². The minimum absolute atomic E-state index is 0.0634. The van der Waals surface area contributed by atoms with Crippen molar-refractivity contribution >= 4 is 21.6 Å². The maximum atomic E-state index is 12.1. The van der Waals surface area contributed by atoms with Crippen LogP contribution in [-0.4, -0.2) is 32.1 Å². The number of sulfonamides is 1. The summed E-state index contributed by atoms with van der Waals surface area (Å²) >= 11 is 0. The number of anilines is 1. The van der Waals surface area contributed by atoms with Crippen LogP contribution in [0.3, 0.4) is 0 Å².